The van der Waals surface area contributed by atoms with Crippen molar-refractivity contribution >= 4 is 0 Å². The summed E-state index contributed by atoms with van der Waals surface area (Å²) in [4.78, 5) is 2.70. The highest BCUT2D eigenvalue weighted by atomic mass is 15.1. The maximum Gasteiger partial charge on any atom is 0.00218 e. The van der Waals surface area contributed by atoms with Crippen LogP contribution in [0.25, 0.3) is 0 Å². The van der Waals surface area contributed by atoms with Crippen molar-refractivity contribution in [3.63, 3.8) is 0 Å². The van der Waals surface area contributed by atoms with Crippen molar-refractivity contribution in [2.24, 2.45) is 11.8 Å². The summed E-state index contributed by atoms with van der Waals surface area (Å²) in [6.45, 7) is 6.17. The molecule has 0 N–H and O–H groups in total. The Labute approximate surface area is 149 Å². The molecule has 0 spiro atoms. The van der Waals surface area contributed by atoms with Crippen LogP contribution in [-0.4, -0.2) is 24.5 Å². The molecule has 1 aliphatic carbocycles. The topological polar surface area (TPSA) is 3.24 Å². The van der Waals surface area contributed by atoms with Gasteiger partial charge in [-0.1, -0.05) is 76.1 Å². The summed E-state index contributed by atoms with van der Waals surface area (Å²) in [5.41, 5.74) is 3.00. The summed E-state index contributed by atoms with van der Waals surface area (Å²) in [5.74, 6) is 2.09. The Morgan fingerprint density at radius 1 is 0.875 bits per heavy atom. The predicted molar refractivity (Wildman–Crippen MR) is 104 cm³/mol. The SMILES string of the molecule is CCc1cccc(CCN2CCC(CCC3CCCCC3)CC2)c1. The van der Waals surface area contributed by atoms with Gasteiger partial charge in [0.2, 0.25) is 0 Å². The molecule has 1 nitrogen and oxygen atoms in total. The van der Waals surface area contributed by atoms with Gasteiger partial charge in [0.25, 0.3) is 0 Å². The van der Waals surface area contributed by atoms with Gasteiger partial charge in [-0.15, -0.1) is 0 Å². The van der Waals surface area contributed by atoms with Crippen LogP contribution in [0.2, 0.25) is 0 Å². The zero-order valence-electron chi connectivity index (χ0n) is 15.8. The molecule has 3 rings (SSSR count). The first kappa shape index (κ1) is 18.0. The first-order valence-electron chi connectivity index (χ1n) is 10.6. The monoisotopic (exact) mass is 327 g/mol. The number of likely N-dealkylation sites (tertiary alicyclic amines) is 1. The highest BCUT2D eigenvalue weighted by Gasteiger charge is 2.21. The Bertz CT molecular complexity index is 467. The average molecular weight is 328 g/mol. The fraction of sp³-hybridized carbons (Fsp3) is 0.739. The van der Waals surface area contributed by atoms with Crippen LogP contribution < -0.4 is 0 Å². The van der Waals surface area contributed by atoms with Crippen molar-refractivity contribution in [1.29, 1.82) is 0 Å². The lowest BCUT2D eigenvalue weighted by molar-refractivity contribution is 0.172. The molecular weight excluding hydrogens is 290 g/mol. The Morgan fingerprint density at radius 2 is 1.54 bits per heavy atom. The minimum absolute atomic E-state index is 1.02. The molecule has 1 saturated heterocycles. The first-order valence-corrected chi connectivity index (χ1v) is 10.6. The zero-order valence-corrected chi connectivity index (χ0v) is 15.8. The van der Waals surface area contributed by atoms with Crippen LogP contribution in [0.5, 0.6) is 0 Å². The molecule has 1 heterocycles. The van der Waals surface area contributed by atoms with Gasteiger partial charge in [0, 0.05) is 6.54 Å². The van der Waals surface area contributed by atoms with Crippen LogP contribution in [0.1, 0.15) is 75.8 Å². The predicted octanol–water partition coefficient (Wildman–Crippen LogP) is 5.86. The van der Waals surface area contributed by atoms with Crippen molar-refractivity contribution in [3.8, 4) is 0 Å². The number of rotatable bonds is 7. The van der Waals surface area contributed by atoms with E-state index >= 15 is 0 Å². The number of hydrogen-bond donors (Lipinski definition) is 0. The van der Waals surface area contributed by atoms with Gasteiger partial charge >= 0.3 is 0 Å². The summed E-state index contributed by atoms with van der Waals surface area (Å²) < 4.78 is 0. The second kappa shape index (κ2) is 9.61. The van der Waals surface area contributed by atoms with Crippen molar-refractivity contribution < 1.29 is 0 Å². The van der Waals surface area contributed by atoms with E-state index in [-0.39, 0.29) is 0 Å². The van der Waals surface area contributed by atoms with Crippen LogP contribution in [0.3, 0.4) is 0 Å². The number of aryl methyl sites for hydroxylation is 1. The van der Waals surface area contributed by atoms with Gasteiger partial charge in [0.15, 0.2) is 0 Å². The number of hydrogen-bond acceptors (Lipinski definition) is 1. The summed E-state index contributed by atoms with van der Waals surface area (Å²) in [6.07, 6.45) is 15.8. The number of piperidine rings is 1. The second-order valence-corrected chi connectivity index (χ2v) is 8.29. The number of nitrogens with zero attached hydrogens (tertiary/aromatic N) is 1. The standard InChI is InChI=1S/C23H37N/c1-2-20-9-6-10-23(19-20)15-18-24-16-13-22(14-17-24)12-11-21-7-4-3-5-8-21/h6,9-10,19,21-22H,2-5,7-8,11-18H2,1H3. The average Bonchev–Trinajstić information content (AvgIpc) is 2.66. The van der Waals surface area contributed by atoms with Crippen molar-refractivity contribution in [2.45, 2.75) is 77.6 Å². The fourth-order valence-electron chi connectivity index (χ4n) is 4.74. The molecule has 134 valence electrons. The van der Waals surface area contributed by atoms with E-state index in [1.54, 1.807) is 0 Å². The molecule has 1 heteroatoms. The third-order valence-electron chi connectivity index (χ3n) is 6.53. The first-order chi connectivity index (χ1) is 11.8. The third kappa shape index (κ3) is 5.62. The van der Waals surface area contributed by atoms with E-state index in [9.17, 15) is 0 Å². The Balaban J connectivity index is 1.32. The van der Waals surface area contributed by atoms with E-state index < -0.39 is 0 Å². The van der Waals surface area contributed by atoms with Crippen LogP contribution >= 0.6 is 0 Å². The third-order valence-corrected chi connectivity index (χ3v) is 6.53. The van der Waals surface area contributed by atoms with E-state index in [1.165, 1.54) is 95.0 Å². The van der Waals surface area contributed by atoms with Crippen molar-refractivity contribution in [1.82, 2.24) is 4.90 Å². The van der Waals surface area contributed by atoms with Gasteiger partial charge in [0.1, 0.15) is 0 Å². The summed E-state index contributed by atoms with van der Waals surface area (Å²) in [5, 5.41) is 0. The molecule has 0 amide bonds. The molecular formula is C23H37N. The Morgan fingerprint density at radius 3 is 2.25 bits per heavy atom. The molecule has 0 unspecified atom stereocenters. The summed E-state index contributed by atoms with van der Waals surface area (Å²) >= 11 is 0. The smallest absolute Gasteiger partial charge is 0.00218 e. The van der Waals surface area contributed by atoms with Crippen LogP contribution in [0.4, 0.5) is 0 Å². The largest absolute Gasteiger partial charge is 0.303 e. The maximum absolute atomic E-state index is 2.70. The molecule has 0 atom stereocenters. The summed E-state index contributed by atoms with van der Waals surface area (Å²) in [6, 6.07) is 9.18. The zero-order chi connectivity index (χ0) is 16.6. The van der Waals surface area contributed by atoms with Gasteiger partial charge in [0.05, 0.1) is 0 Å². The highest BCUT2D eigenvalue weighted by molar-refractivity contribution is 5.23. The lowest BCUT2D eigenvalue weighted by Crippen LogP contribution is -2.35. The van der Waals surface area contributed by atoms with Gasteiger partial charge in [-0.25, -0.2) is 0 Å². The molecule has 0 radical (unpaired) electrons. The lowest BCUT2D eigenvalue weighted by atomic mass is 9.82. The van der Waals surface area contributed by atoms with Crippen LogP contribution in [0.15, 0.2) is 24.3 Å². The Kier molecular flexibility index (Phi) is 7.20. The van der Waals surface area contributed by atoms with E-state index in [2.05, 4.69) is 36.1 Å². The quantitative estimate of drug-likeness (QED) is 0.606. The molecule has 1 aromatic carbocycles. The molecule has 1 saturated carbocycles. The van der Waals surface area contributed by atoms with E-state index in [1.807, 2.05) is 0 Å². The van der Waals surface area contributed by atoms with Gasteiger partial charge in [-0.3, -0.25) is 0 Å². The van der Waals surface area contributed by atoms with Crippen molar-refractivity contribution in [3.05, 3.63) is 35.4 Å². The molecule has 1 aromatic rings. The van der Waals surface area contributed by atoms with Crippen LogP contribution in [0, 0.1) is 11.8 Å². The number of benzene rings is 1. The molecule has 24 heavy (non-hydrogen) atoms. The molecule has 2 aliphatic rings. The maximum atomic E-state index is 2.70. The second-order valence-electron chi connectivity index (χ2n) is 8.29. The van der Waals surface area contributed by atoms with E-state index in [0.717, 1.165) is 18.3 Å². The minimum Gasteiger partial charge on any atom is -0.303 e. The molecule has 0 bridgehead atoms. The molecule has 2 fully saturated rings. The van der Waals surface area contributed by atoms with E-state index in [4.69, 9.17) is 0 Å². The molecule has 0 aromatic heterocycles. The normalized spacial score (nSPS) is 21.2. The van der Waals surface area contributed by atoms with Crippen LogP contribution in [-0.2, 0) is 12.8 Å². The summed E-state index contributed by atoms with van der Waals surface area (Å²) in [7, 11) is 0. The van der Waals surface area contributed by atoms with Gasteiger partial charge in [-0.2, -0.15) is 0 Å². The fourth-order valence-corrected chi connectivity index (χ4v) is 4.74. The minimum atomic E-state index is 1.02. The molecule has 1 aliphatic heterocycles. The Hall–Kier alpha value is -0.820. The lowest BCUT2D eigenvalue weighted by Gasteiger charge is -2.33. The van der Waals surface area contributed by atoms with Crippen molar-refractivity contribution in [2.75, 3.05) is 19.6 Å². The van der Waals surface area contributed by atoms with Gasteiger partial charge < -0.3 is 4.90 Å². The highest BCUT2D eigenvalue weighted by Crippen LogP contribution is 2.31. The van der Waals surface area contributed by atoms with Gasteiger partial charge in [-0.05, 0) is 61.7 Å². The van der Waals surface area contributed by atoms with E-state index in [0.29, 0.717) is 0 Å².